The molecule has 2 amide bonds. The van der Waals surface area contributed by atoms with Crippen molar-refractivity contribution in [3.05, 3.63) is 54.4 Å². The fourth-order valence-corrected chi connectivity index (χ4v) is 2.29. The van der Waals surface area contributed by atoms with Crippen LogP contribution in [0.1, 0.15) is 12.5 Å². The molecule has 0 fully saturated rings. The average molecular weight is 327 g/mol. The quantitative estimate of drug-likeness (QED) is 0.851. The van der Waals surface area contributed by atoms with Crippen molar-refractivity contribution in [2.75, 3.05) is 25.0 Å². The van der Waals surface area contributed by atoms with Gasteiger partial charge in [0.15, 0.2) is 0 Å². The van der Waals surface area contributed by atoms with Crippen LogP contribution in [-0.4, -0.2) is 46.9 Å². The Morgan fingerprint density at radius 1 is 1.04 bits per heavy atom. The van der Waals surface area contributed by atoms with Crippen molar-refractivity contribution >= 4 is 17.5 Å². The van der Waals surface area contributed by atoms with Crippen molar-refractivity contribution in [1.82, 2.24) is 9.88 Å². The smallest absolute Gasteiger partial charge is 0.316 e. The Balaban J connectivity index is 2.01. The number of rotatable bonds is 5. The molecular weight excluding hydrogens is 306 g/mol. The summed E-state index contributed by atoms with van der Waals surface area (Å²) in [7, 11) is 1.54. The number of phenols is 1. The number of aromatic hydroxyl groups is 1. The standard InChI is InChI=1S/C18H21N3O3/c1-3-21(13-10-14-8-11-19-12-9-14)18(24)17(23)20(2)15-4-6-16(22)7-5-15/h4-9,11-12,22H,3,10,13H2,1-2H3. The van der Waals surface area contributed by atoms with E-state index in [9.17, 15) is 14.7 Å². The maximum absolute atomic E-state index is 12.5. The summed E-state index contributed by atoms with van der Waals surface area (Å²) in [6, 6.07) is 9.92. The Labute approximate surface area is 141 Å². The lowest BCUT2D eigenvalue weighted by molar-refractivity contribution is -0.144. The van der Waals surface area contributed by atoms with E-state index in [1.165, 1.54) is 21.9 Å². The number of hydrogen-bond acceptors (Lipinski definition) is 4. The van der Waals surface area contributed by atoms with E-state index >= 15 is 0 Å². The Morgan fingerprint density at radius 2 is 1.67 bits per heavy atom. The first-order valence-electron chi connectivity index (χ1n) is 7.77. The third kappa shape index (κ3) is 4.32. The normalized spacial score (nSPS) is 10.2. The van der Waals surface area contributed by atoms with Crippen LogP contribution in [0, 0.1) is 0 Å². The Morgan fingerprint density at radius 3 is 2.25 bits per heavy atom. The van der Waals surface area contributed by atoms with Crippen LogP contribution < -0.4 is 4.90 Å². The molecule has 6 nitrogen and oxygen atoms in total. The minimum absolute atomic E-state index is 0.110. The van der Waals surface area contributed by atoms with Gasteiger partial charge in [-0.15, -0.1) is 0 Å². The molecule has 1 heterocycles. The number of amides is 2. The zero-order valence-corrected chi connectivity index (χ0v) is 13.8. The van der Waals surface area contributed by atoms with Crippen LogP contribution in [0.2, 0.25) is 0 Å². The summed E-state index contributed by atoms with van der Waals surface area (Å²) in [5, 5.41) is 9.31. The van der Waals surface area contributed by atoms with Gasteiger partial charge in [-0.25, -0.2) is 0 Å². The second-order valence-corrected chi connectivity index (χ2v) is 5.37. The van der Waals surface area contributed by atoms with Crippen molar-refractivity contribution in [3.8, 4) is 5.75 Å². The molecule has 24 heavy (non-hydrogen) atoms. The first-order chi connectivity index (χ1) is 11.5. The van der Waals surface area contributed by atoms with E-state index in [1.807, 2.05) is 19.1 Å². The summed E-state index contributed by atoms with van der Waals surface area (Å²) in [6.07, 6.45) is 4.08. The second-order valence-electron chi connectivity index (χ2n) is 5.37. The highest BCUT2D eigenvalue weighted by Gasteiger charge is 2.24. The topological polar surface area (TPSA) is 73.7 Å². The van der Waals surface area contributed by atoms with Crippen molar-refractivity contribution in [3.63, 3.8) is 0 Å². The summed E-state index contributed by atoms with van der Waals surface area (Å²) >= 11 is 0. The fourth-order valence-electron chi connectivity index (χ4n) is 2.29. The SMILES string of the molecule is CCN(CCc1ccncc1)C(=O)C(=O)N(C)c1ccc(O)cc1. The molecule has 0 spiro atoms. The number of phenolic OH excluding ortho intramolecular Hbond substituents is 1. The van der Waals surface area contributed by atoms with Gasteiger partial charge >= 0.3 is 11.8 Å². The van der Waals surface area contributed by atoms with Gasteiger partial charge in [0.2, 0.25) is 0 Å². The molecule has 0 aliphatic rings. The second kappa shape index (κ2) is 8.10. The zero-order valence-electron chi connectivity index (χ0n) is 13.8. The van der Waals surface area contributed by atoms with Crippen LogP contribution in [0.5, 0.6) is 5.75 Å². The van der Waals surface area contributed by atoms with Gasteiger partial charge in [0.05, 0.1) is 0 Å². The lowest BCUT2D eigenvalue weighted by Gasteiger charge is -2.24. The van der Waals surface area contributed by atoms with E-state index in [0.717, 1.165) is 5.56 Å². The van der Waals surface area contributed by atoms with Crippen molar-refractivity contribution < 1.29 is 14.7 Å². The minimum atomic E-state index is -0.600. The van der Waals surface area contributed by atoms with Gasteiger partial charge in [0, 0.05) is 38.2 Å². The fraction of sp³-hybridized carbons (Fsp3) is 0.278. The number of carbonyl (C=O) groups excluding carboxylic acids is 2. The minimum Gasteiger partial charge on any atom is -0.508 e. The summed E-state index contributed by atoms with van der Waals surface area (Å²) < 4.78 is 0. The molecule has 6 heteroatoms. The number of carbonyl (C=O) groups is 2. The van der Waals surface area contributed by atoms with Crippen LogP contribution in [0.25, 0.3) is 0 Å². The van der Waals surface area contributed by atoms with Gasteiger partial charge in [0.1, 0.15) is 5.75 Å². The molecule has 0 saturated heterocycles. The monoisotopic (exact) mass is 327 g/mol. The molecule has 0 aliphatic carbocycles. The Hall–Kier alpha value is -2.89. The molecule has 1 aromatic heterocycles. The molecule has 0 radical (unpaired) electrons. The summed E-state index contributed by atoms with van der Waals surface area (Å²) in [5.41, 5.74) is 1.62. The van der Waals surface area contributed by atoms with E-state index in [0.29, 0.717) is 25.2 Å². The van der Waals surface area contributed by atoms with Crippen molar-refractivity contribution in [2.24, 2.45) is 0 Å². The first kappa shape index (κ1) is 17.5. The first-order valence-corrected chi connectivity index (χ1v) is 7.77. The highest BCUT2D eigenvalue weighted by Crippen LogP contribution is 2.17. The van der Waals surface area contributed by atoms with E-state index in [4.69, 9.17) is 0 Å². The summed E-state index contributed by atoms with van der Waals surface area (Å²) in [6.45, 7) is 2.77. The van der Waals surface area contributed by atoms with Crippen LogP contribution in [0.3, 0.4) is 0 Å². The molecule has 0 saturated carbocycles. The zero-order chi connectivity index (χ0) is 17.5. The Kier molecular flexibility index (Phi) is 5.89. The third-order valence-corrected chi connectivity index (χ3v) is 3.81. The molecular formula is C18H21N3O3. The highest BCUT2D eigenvalue weighted by atomic mass is 16.3. The van der Waals surface area contributed by atoms with Gasteiger partial charge in [-0.2, -0.15) is 0 Å². The van der Waals surface area contributed by atoms with Crippen LogP contribution in [0.4, 0.5) is 5.69 Å². The molecule has 1 N–H and O–H groups in total. The molecule has 2 aromatic rings. The number of nitrogens with zero attached hydrogens (tertiary/aromatic N) is 3. The van der Waals surface area contributed by atoms with E-state index < -0.39 is 11.8 Å². The molecule has 126 valence electrons. The molecule has 0 aliphatic heterocycles. The molecule has 0 atom stereocenters. The van der Waals surface area contributed by atoms with E-state index in [-0.39, 0.29) is 5.75 Å². The number of likely N-dealkylation sites (N-methyl/N-ethyl adjacent to an activating group) is 2. The van der Waals surface area contributed by atoms with E-state index in [2.05, 4.69) is 4.98 Å². The molecule has 0 bridgehead atoms. The van der Waals surface area contributed by atoms with Gasteiger partial charge in [-0.05, 0) is 55.3 Å². The van der Waals surface area contributed by atoms with Gasteiger partial charge in [-0.1, -0.05) is 0 Å². The van der Waals surface area contributed by atoms with Crippen LogP contribution in [-0.2, 0) is 16.0 Å². The molecule has 2 rings (SSSR count). The van der Waals surface area contributed by atoms with Gasteiger partial charge < -0.3 is 14.9 Å². The van der Waals surface area contributed by atoms with E-state index in [1.54, 1.807) is 31.6 Å². The maximum atomic E-state index is 12.5. The summed E-state index contributed by atoms with van der Waals surface area (Å²) in [5.74, 6) is -1.03. The largest absolute Gasteiger partial charge is 0.508 e. The lowest BCUT2D eigenvalue weighted by atomic mass is 10.2. The number of pyridine rings is 1. The van der Waals surface area contributed by atoms with Crippen LogP contribution in [0.15, 0.2) is 48.8 Å². The number of benzene rings is 1. The van der Waals surface area contributed by atoms with Crippen molar-refractivity contribution in [1.29, 1.82) is 0 Å². The summed E-state index contributed by atoms with van der Waals surface area (Å²) in [4.78, 5) is 31.6. The van der Waals surface area contributed by atoms with Gasteiger partial charge in [-0.3, -0.25) is 14.6 Å². The molecule has 1 aromatic carbocycles. The maximum Gasteiger partial charge on any atom is 0.316 e. The predicted octanol–water partition coefficient (Wildman–Crippen LogP) is 1.84. The number of hydrogen-bond donors (Lipinski definition) is 1. The number of aromatic nitrogens is 1. The third-order valence-electron chi connectivity index (χ3n) is 3.81. The van der Waals surface area contributed by atoms with Gasteiger partial charge in [0.25, 0.3) is 0 Å². The molecule has 0 unspecified atom stereocenters. The van der Waals surface area contributed by atoms with Crippen LogP contribution >= 0.6 is 0 Å². The average Bonchev–Trinajstić information content (AvgIpc) is 2.62. The highest BCUT2D eigenvalue weighted by molar-refractivity contribution is 6.40. The van der Waals surface area contributed by atoms with Crippen molar-refractivity contribution in [2.45, 2.75) is 13.3 Å². The number of anilines is 1. The lowest BCUT2D eigenvalue weighted by Crippen LogP contribution is -2.44. The predicted molar refractivity (Wildman–Crippen MR) is 91.7 cm³/mol. The Bertz CT molecular complexity index is 686.